The van der Waals surface area contributed by atoms with E-state index in [2.05, 4.69) is 9.47 Å². The van der Waals surface area contributed by atoms with Gasteiger partial charge in [0.1, 0.15) is 6.10 Å². The average Bonchev–Trinajstić information content (AvgIpc) is 3.84. The number of hydrogen-bond donors (Lipinski definition) is 3. The fourth-order valence-corrected chi connectivity index (χ4v) is 7.50. The van der Waals surface area contributed by atoms with Crippen LogP contribution in [-0.4, -0.2) is 99.3 Å². The molecule has 8 atom stereocenters. The Labute approximate surface area is 339 Å². The standard InChI is InChI=1S/C19H34O4.C12H17F5O4.C10H16O4/c1-8-17(2,3)16(20)23-13-10-11-9-12(13)15(19(6,7)22)14(11)18(4,5)21;1-5-8(2,3)7(18)21-9(4)6-20-11(19,10(9,13)14)12(15,16)17;1-4-10(2,3)9(12)14-7-5-6-13-8(7)11/h11-15,21-22H,8-10H2,1-7H3;19H,5-6H2,1-4H3;7H,4-6H2,1-3H3/t11-,12+,13+,14-,15+;;/m1../s1. The molecule has 338 valence electrons. The van der Waals surface area contributed by atoms with Crippen molar-refractivity contribution >= 4 is 23.9 Å². The molecule has 2 bridgehead atoms. The first kappa shape index (κ1) is 51.5. The summed E-state index contributed by atoms with van der Waals surface area (Å²) in [5.74, 6) is -11.1. The van der Waals surface area contributed by atoms with Crippen molar-refractivity contribution in [3.05, 3.63) is 0 Å². The highest BCUT2D eigenvalue weighted by molar-refractivity contribution is 5.82. The molecule has 4 fully saturated rings. The molecule has 3 unspecified atom stereocenters. The maximum Gasteiger partial charge on any atom is 0.449 e. The lowest BCUT2D eigenvalue weighted by atomic mass is 9.65. The van der Waals surface area contributed by atoms with E-state index >= 15 is 0 Å². The molecule has 2 aliphatic carbocycles. The summed E-state index contributed by atoms with van der Waals surface area (Å²) in [7, 11) is 0. The third-order valence-corrected chi connectivity index (χ3v) is 12.6. The van der Waals surface area contributed by atoms with Crippen LogP contribution in [0.15, 0.2) is 0 Å². The second kappa shape index (κ2) is 17.4. The summed E-state index contributed by atoms with van der Waals surface area (Å²) < 4.78 is 90.0. The molecule has 2 heterocycles. The van der Waals surface area contributed by atoms with Crippen molar-refractivity contribution in [2.24, 2.45) is 39.9 Å². The van der Waals surface area contributed by atoms with E-state index in [1.165, 1.54) is 13.8 Å². The summed E-state index contributed by atoms with van der Waals surface area (Å²) in [6, 6.07) is 0. The van der Waals surface area contributed by atoms with E-state index in [9.17, 15) is 56.4 Å². The van der Waals surface area contributed by atoms with Crippen LogP contribution in [-0.2, 0) is 42.9 Å². The number of halogens is 5. The molecular weight excluding hydrogens is 779 g/mol. The summed E-state index contributed by atoms with van der Waals surface area (Å²) in [4.78, 5) is 46.9. The minimum absolute atomic E-state index is 0.0432. The molecule has 4 rings (SSSR count). The Balaban J connectivity index is 0.000000309. The van der Waals surface area contributed by atoms with Crippen LogP contribution in [0.3, 0.4) is 0 Å². The van der Waals surface area contributed by atoms with Crippen LogP contribution < -0.4 is 0 Å². The second-order valence-electron chi connectivity index (χ2n) is 19.4. The van der Waals surface area contributed by atoms with Crippen molar-refractivity contribution in [3.63, 3.8) is 0 Å². The number of ether oxygens (including phenoxy) is 5. The molecule has 2 saturated heterocycles. The number of alkyl halides is 5. The van der Waals surface area contributed by atoms with Gasteiger partial charge in [-0.05, 0) is 126 Å². The molecule has 0 spiro atoms. The van der Waals surface area contributed by atoms with Crippen molar-refractivity contribution in [2.45, 2.75) is 182 Å². The molecule has 0 aromatic heterocycles. The van der Waals surface area contributed by atoms with Gasteiger partial charge in [0.05, 0.1) is 40.7 Å². The Kier molecular flexibility index (Phi) is 15.4. The summed E-state index contributed by atoms with van der Waals surface area (Å²) in [5.41, 5.74) is -6.79. The minimum atomic E-state index is -5.74. The number of rotatable bonds is 11. The van der Waals surface area contributed by atoms with Crippen molar-refractivity contribution in [3.8, 4) is 0 Å². The van der Waals surface area contributed by atoms with E-state index in [1.807, 2.05) is 55.4 Å². The molecular formula is C41H67F5O12. The van der Waals surface area contributed by atoms with E-state index in [-0.39, 0.29) is 42.2 Å². The van der Waals surface area contributed by atoms with Crippen molar-refractivity contribution in [1.29, 1.82) is 0 Å². The SMILES string of the molecule is CCC(C)(C)C(=O)OC1(C)COC(O)(C(F)(F)F)C1(F)F.CCC(C)(C)C(=O)OC1CCOC1=O.CCC(C)(C)C(=O)O[C@H]1C[C@H]2C[C@@H]1[C@H](C(C)(C)O)[C@@H]2C(C)(C)O. The quantitative estimate of drug-likeness (QED) is 0.110. The topological polar surface area (TPSA) is 175 Å². The molecule has 58 heavy (non-hydrogen) atoms. The van der Waals surface area contributed by atoms with E-state index in [1.54, 1.807) is 20.8 Å². The predicted octanol–water partition coefficient (Wildman–Crippen LogP) is 7.07. The summed E-state index contributed by atoms with van der Waals surface area (Å²) in [6.45, 7) is 22.7. The average molecular weight is 847 g/mol. The number of aliphatic hydroxyl groups is 3. The van der Waals surface area contributed by atoms with Crippen molar-refractivity contribution in [2.75, 3.05) is 13.2 Å². The Hall–Kier alpha value is -2.63. The smallest absolute Gasteiger partial charge is 0.449 e. The molecule has 17 heteroatoms. The highest BCUT2D eigenvalue weighted by atomic mass is 19.4. The zero-order valence-electron chi connectivity index (χ0n) is 36.5. The van der Waals surface area contributed by atoms with Crippen LogP contribution in [0.2, 0.25) is 0 Å². The van der Waals surface area contributed by atoms with Crippen LogP contribution in [0.25, 0.3) is 0 Å². The van der Waals surface area contributed by atoms with Crippen LogP contribution >= 0.6 is 0 Å². The molecule has 3 N–H and O–H groups in total. The van der Waals surface area contributed by atoms with Gasteiger partial charge in [0.15, 0.2) is 0 Å². The van der Waals surface area contributed by atoms with Gasteiger partial charge in [-0.3, -0.25) is 14.4 Å². The fraction of sp³-hybridized carbons (Fsp3) is 0.902. The van der Waals surface area contributed by atoms with Crippen LogP contribution in [0.1, 0.15) is 135 Å². The van der Waals surface area contributed by atoms with Gasteiger partial charge in [0.25, 0.3) is 0 Å². The Morgan fingerprint density at radius 3 is 1.59 bits per heavy atom. The number of fused-ring (bicyclic) bond motifs is 2. The van der Waals surface area contributed by atoms with Crippen molar-refractivity contribution < 1.29 is 80.1 Å². The van der Waals surface area contributed by atoms with Crippen molar-refractivity contribution in [1.82, 2.24) is 0 Å². The van der Waals surface area contributed by atoms with Gasteiger partial charge in [-0.25, -0.2) is 4.79 Å². The highest BCUT2D eigenvalue weighted by Gasteiger charge is 2.83. The van der Waals surface area contributed by atoms with E-state index < -0.39 is 75.6 Å². The van der Waals surface area contributed by atoms with Crippen LogP contribution in [0.4, 0.5) is 22.0 Å². The number of hydrogen-bond acceptors (Lipinski definition) is 12. The van der Waals surface area contributed by atoms with Gasteiger partial charge >= 0.3 is 41.8 Å². The second-order valence-corrected chi connectivity index (χ2v) is 19.4. The van der Waals surface area contributed by atoms with Gasteiger partial charge in [-0.1, -0.05) is 20.8 Å². The Morgan fingerprint density at radius 2 is 1.21 bits per heavy atom. The lowest BCUT2D eigenvalue weighted by molar-refractivity contribution is -0.409. The van der Waals surface area contributed by atoms with Gasteiger partial charge < -0.3 is 39.0 Å². The highest BCUT2D eigenvalue weighted by Crippen LogP contribution is 2.60. The third-order valence-electron chi connectivity index (χ3n) is 12.6. The van der Waals surface area contributed by atoms with Gasteiger partial charge in [0, 0.05) is 12.3 Å². The predicted molar refractivity (Wildman–Crippen MR) is 200 cm³/mol. The first-order chi connectivity index (χ1) is 25.9. The monoisotopic (exact) mass is 846 g/mol. The summed E-state index contributed by atoms with van der Waals surface area (Å²) in [6.07, 6.45) is -2.68. The van der Waals surface area contributed by atoms with E-state index in [4.69, 9.17) is 14.2 Å². The molecule has 2 saturated carbocycles. The molecule has 0 aromatic rings. The van der Waals surface area contributed by atoms with Gasteiger partial charge in [-0.2, -0.15) is 22.0 Å². The first-order valence-electron chi connectivity index (χ1n) is 20.0. The zero-order valence-corrected chi connectivity index (χ0v) is 36.5. The normalized spacial score (nSPS) is 31.0. The molecule has 4 aliphatic rings. The third kappa shape index (κ3) is 10.6. The maximum atomic E-state index is 14.0. The lowest BCUT2D eigenvalue weighted by Gasteiger charge is -2.46. The number of carbonyl (C=O) groups excluding carboxylic acids is 4. The largest absolute Gasteiger partial charge is 0.463 e. The fourth-order valence-electron chi connectivity index (χ4n) is 7.50. The maximum absolute atomic E-state index is 14.0. The van der Waals surface area contributed by atoms with Crippen LogP contribution in [0.5, 0.6) is 0 Å². The molecule has 0 amide bonds. The number of carbonyl (C=O) groups is 4. The van der Waals surface area contributed by atoms with E-state index in [0.717, 1.165) is 19.3 Å². The molecule has 12 nitrogen and oxygen atoms in total. The molecule has 2 aliphatic heterocycles. The number of cyclic esters (lactones) is 1. The minimum Gasteiger partial charge on any atom is -0.463 e. The molecule has 0 radical (unpaired) electrons. The Bertz CT molecular complexity index is 1480. The number of esters is 4. The zero-order chi connectivity index (χ0) is 45.5. The Morgan fingerprint density at radius 1 is 0.759 bits per heavy atom. The van der Waals surface area contributed by atoms with Crippen LogP contribution in [0, 0.1) is 39.9 Å². The summed E-state index contributed by atoms with van der Waals surface area (Å²) >= 11 is 0. The van der Waals surface area contributed by atoms with Gasteiger partial charge in [-0.15, -0.1) is 0 Å². The molecule has 0 aromatic carbocycles. The van der Waals surface area contributed by atoms with Gasteiger partial charge in [0.2, 0.25) is 11.7 Å². The van der Waals surface area contributed by atoms with E-state index in [0.29, 0.717) is 32.3 Å². The summed E-state index contributed by atoms with van der Waals surface area (Å²) in [5, 5.41) is 30.4. The lowest BCUT2D eigenvalue weighted by Crippen LogP contribution is -2.63. The first-order valence-corrected chi connectivity index (χ1v) is 20.0.